The number of alkyl carbamates (subject to hydrolysis) is 1. The molecule has 1 aromatic heterocycles. The lowest BCUT2D eigenvalue weighted by atomic mass is 9.91. The first kappa shape index (κ1) is 14.4. The monoisotopic (exact) mass is 281 g/mol. The van der Waals surface area contributed by atoms with E-state index in [1.165, 1.54) is 16.0 Å². The third kappa shape index (κ3) is 3.72. The molecule has 2 rings (SSSR count). The second-order valence-corrected chi connectivity index (χ2v) is 7.07. The summed E-state index contributed by atoms with van der Waals surface area (Å²) < 4.78 is 5.32. The number of rotatable bonds is 2. The Kier molecular flexibility index (Phi) is 4.19. The predicted octanol–water partition coefficient (Wildman–Crippen LogP) is 3.69. The highest BCUT2D eigenvalue weighted by Crippen LogP contribution is 2.30. The fourth-order valence-corrected chi connectivity index (χ4v) is 3.65. The fourth-order valence-electron chi connectivity index (χ4n) is 2.47. The number of hydrogen-bond donors (Lipinski definition) is 1. The van der Waals surface area contributed by atoms with Crippen LogP contribution in [0.3, 0.4) is 0 Å². The van der Waals surface area contributed by atoms with E-state index in [0.717, 1.165) is 25.7 Å². The van der Waals surface area contributed by atoms with E-state index in [1.807, 2.05) is 32.1 Å². The molecule has 1 aliphatic rings. The summed E-state index contributed by atoms with van der Waals surface area (Å²) in [5.41, 5.74) is 2.47. The molecule has 0 spiro atoms. The molecule has 0 saturated heterocycles. The quantitative estimate of drug-likeness (QED) is 0.897. The van der Waals surface area contributed by atoms with Crippen molar-refractivity contribution in [2.75, 3.05) is 0 Å². The zero-order valence-corrected chi connectivity index (χ0v) is 13.0. The fraction of sp³-hybridized carbons (Fsp3) is 0.667. The molecule has 1 N–H and O–H groups in total. The van der Waals surface area contributed by atoms with E-state index in [2.05, 4.69) is 17.6 Å². The molecule has 1 unspecified atom stereocenters. The first-order chi connectivity index (χ1) is 8.89. The highest BCUT2D eigenvalue weighted by Gasteiger charge is 2.25. The van der Waals surface area contributed by atoms with E-state index in [-0.39, 0.29) is 12.1 Å². The minimum Gasteiger partial charge on any atom is -0.444 e. The largest absolute Gasteiger partial charge is 0.444 e. The average Bonchev–Trinajstić information content (AvgIpc) is 2.68. The van der Waals surface area contributed by atoms with Gasteiger partial charge in [-0.15, -0.1) is 11.3 Å². The van der Waals surface area contributed by atoms with Crippen molar-refractivity contribution in [1.82, 2.24) is 5.32 Å². The molecule has 0 aliphatic heterocycles. The Morgan fingerprint density at radius 2 is 2.26 bits per heavy atom. The molecule has 1 heterocycles. The van der Waals surface area contributed by atoms with Crippen molar-refractivity contribution in [3.05, 3.63) is 21.4 Å². The Morgan fingerprint density at radius 1 is 1.53 bits per heavy atom. The molecular weight excluding hydrogens is 258 g/mol. The predicted molar refractivity (Wildman–Crippen MR) is 78.9 cm³/mol. The number of aryl methyl sites for hydroxylation is 2. The number of nitrogens with one attached hydrogen (secondary N) is 1. The summed E-state index contributed by atoms with van der Waals surface area (Å²) in [4.78, 5) is 13.3. The van der Waals surface area contributed by atoms with Crippen LogP contribution in [-0.4, -0.2) is 17.7 Å². The van der Waals surface area contributed by atoms with Crippen LogP contribution >= 0.6 is 11.3 Å². The van der Waals surface area contributed by atoms with Crippen LogP contribution in [0.5, 0.6) is 0 Å². The zero-order chi connectivity index (χ0) is 14.0. The third-order valence-corrected chi connectivity index (χ3v) is 4.48. The number of ether oxygens (including phenoxy) is 1. The Labute approximate surface area is 119 Å². The standard InChI is InChI=1S/C15H23NO2S/c1-5-10-9-19-13-7-6-11(8-12(10)13)16-14(17)18-15(2,3)4/h9,11H,5-8H2,1-4H3,(H,16,17). The summed E-state index contributed by atoms with van der Waals surface area (Å²) >= 11 is 1.86. The number of carbonyl (C=O) groups is 1. The highest BCUT2D eigenvalue weighted by molar-refractivity contribution is 7.10. The second-order valence-electron chi connectivity index (χ2n) is 6.10. The number of carbonyl (C=O) groups excluding carboxylic acids is 1. The Hall–Kier alpha value is -1.03. The van der Waals surface area contributed by atoms with Gasteiger partial charge in [-0.25, -0.2) is 4.79 Å². The first-order valence-corrected chi connectivity index (χ1v) is 7.84. The van der Waals surface area contributed by atoms with Gasteiger partial charge in [0.1, 0.15) is 5.60 Å². The molecule has 1 atom stereocenters. The lowest BCUT2D eigenvalue weighted by Gasteiger charge is -2.26. The van der Waals surface area contributed by atoms with Crippen LogP contribution in [0.4, 0.5) is 4.79 Å². The summed E-state index contributed by atoms with van der Waals surface area (Å²) in [5.74, 6) is 0. The first-order valence-electron chi connectivity index (χ1n) is 6.96. The van der Waals surface area contributed by atoms with E-state index in [4.69, 9.17) is 4.74 Å². The SMILES string of the molecule is CCc1csc2c1CC(NC(=O)OC(C)(C)C)CC2. The average molecular weight is 281 g/mol. The van der Waals surface area contributed by atoms with Crippen LogP contribution in [0.25, 0.3) is 0 Å². The molecule has 1 aromatic rings. The van der Waals surface area contributed by atoms with Crippen LogP contribution in [0.2, 0.25) is 0 Å². The van der Waals surface area contributed by atoms with E-state index >= 15 is 0 Å². The molecule has 4 heteroatoms. The number of hydrogen-bond acceptors (Lipinski definition) is 3. The molecule has 0 fully saturated rings. The Morgan fingerprint density at radius 3 is 2.89 bits per heavy atom. The second kappa shape index (κ2) is 5.53. The Balaban J connectivity index is 1.96. The number of fused-ring (bicyclic) bond motifs is 1. The van der Waals surface area contributed by atoms with Gasteiger partial charge in [-0.05, 0) is 63.0 Å². The van der Waals surface area contributed by atoms with Crippen molar-refractivity contribution < 1.29 is 9.53 Å². The van der Waals surface area contributed by atoms with Crippen molar-refractivity contribution in [3.8, 4) is 0 Å². The number of amides is 1. The molecule has 106 valence electrons. The van der Waals surface area contributed by atoms with Gasteiger partial charge >= 0.3 is 6.09 Å². The van der Waals surface area contributed by atoms with E-state index in [9.17, 15) is 4.79 Å². The third-order valence-electron chi connectivity index (χ3n) is 3.34. The molecule has 0 bridgehead atoms. The van der Waals surface area contributed by atoms with E-state index in [1.54, 1.807) is 0 Å². The van der Waals surface area contributed by atoms with Crippen molar-refractivity contribution >= 4 is 17.4 Å². The molecule has 0 radical (unpaired) electrons. The van der Waals surface area contributed by atoms with Crippen LogP contribution in [0.1, 0.15) is 50.1 Å². The molecular formula is C15H23NO2S. The minimum absolute atomic E-state index is 0.210. The number of thiophene rings is 1. The van der Waals surface area contributed by atoms with Gasteiger partial charge in [-0.2, -0.15) is 0 Å². The van der Waals surface area contributed by atoms with Gasteiger partial charge in [0, 0.05) is 10.9 Å². The maximum atomic E-state index is 11.8. The van der Waals surface area contributed by atoms with Gasteiger partial charge in [0.25, 0.3) is 0 Å². The van der Waals surface area contributed by atoms with Crippen LogP contribution in [0.15, 0.2) is 5.38 Å². The topological polar surface area (TPSA) is 38.3 Å². The van der Waals surface area contributed by atoms with Crippen molar-refractivity contribution in [3.63, 3.8) is 0 Å². The van der Waals surface area contributed by atoms with Gasteiger partial charge in [0.15, 0.2) is 0 Å². The normalized spacial score (nSPS) is 18.8. The highest BCUT2D eigenvalue weighted by atomic mass is 32.1. The van der Waals surface area contributed by atoms with E-state index < -0.39 is 5.60 Å². The van der Waals surface area contributed by atoms with Gasteiger partial charge < -0.3 is 10.1 Å². The van der Waals surface area contributed by atoms with Crippen LogP contribution in [0, 0.1) is 0 Å². The molecule has 3 nitrogen and oxygen atoms in total. The van der Waals surface area contributed by atoms with Crippen LogP contribution in [-0.2, 0) is 24.0 Å². The van der Waals surface area contributed by atoms with Gasteiger partial charge in [-0.3, -0.25) is 0 Å². The van der Waals surface area contributed by atoms with Gasteiger partial charge in [-0.1, -0.05) is 6.92 Å². The summed E-state index contributed by atoms with van der Waals surface area (Å²) in [7, 11) is 0. The molecule has 19 heavy (non-hydrogen) atoms. The van der Waals surface area contributed by atoms with Crippen molar-refractivity contribution in [1.29, 1.82) is 0 Å². The minimum atomic E-state index is -0.430. The summed E-state index contributed by atoms with van der Waals surface area (Å²) in [6.45, 7) is 7.85. The maximum absolute atomic E-state index is 11.8. The van der Waals surface area contributed by atoms with Gasteiger partial charge in [0.2, 0.25) is 0 Å². The summed E-state index contributed by atoms with van der Waals surface area (Å²) in [6, 6.07) is 0.210. The Bertz CT molecular complexity index is 446. The molecule has 0 saturated carbocycles. The lowest BCUT2D eigenvalue weighted by Crippen LogP contribution is -2.41. The molecule has 1 amide bonds. The van der Waals surface area contributed by atoms with Gasteiger partial charge in [0.05, 0.1) is 0 Å². The summed E-state index contributed by atoms with van der Waals surface area (Å²) in [6.07, 6.45) is 3.80. The van der Waals surface area contributed by atoms with Crippen molar-refractivity contribution in [2.45, 2.75) is 65.0 Å². The molecule has 0 aromatic carbocycles. The molecule has 1 aliphatic carbocycles. The van der Waals surface area contributed by atoms with Crippen molar-refractivity contribution in [2.24, 2.45) is 0 Å². The van der Waals surface area contributed by atoms with E-state index in [0.29, 0.717) is 0 Å². The van der Waals surface area contributed by atoms with Crippen LogP contribution < -0.4 is 5.32 Å². The smallest absolute Gasteiger partial charge is 0.407 e. The lowest BCUT2D eigenvalue weighted by molar-refractivity contribution is 0.0500. The zero-order valence-electron chi connectivity index (χ0n) is 12.2. The maximum Gasteiger partial charge on any atom is 0.407 e. The summed E-state index contributed by atoms with van der Waals surface area (Å²) in [5, 5.41) is 5.27.